The van der Waals surface area contributed by atoms with E-state index in [9.17, 15) is 9.59 Å². The summed E-state index contributed by atoms with van der Waals surface area (Å²) in [5.74, 6) is 0.575. The first-order valence-corrected chi connectivity index (χ1v) is 7.17. The van der Waals surface area contributed by atoms with Crippen LogP contribution in [0.1, 0.15) is 28.1 Å². The fourth-order valence-corrected chi connectivity index (χ4v) is 2.55. The zero-order valence-corrected chi connectivity index (χ0v) is 11.7. The lowest BCUT2D eigenvalue weighted by Crippen LogP contribution is -2.12. The molecule has 1 aliphatic carbocycles. The number of aromatic amines is 1. The fraction of sp³-hybridized carbons (Fsp3) is 0.308. The number of thiophene rings is 1. The first-order valence-electron chi connectivity index (χ1n) is 6.35. The molecule has 104 valence electrons. The molecule has 1 fully saturated rings. The maximum absolute atomic E-state index is 12.0. The van der Waals surface area contributed by atoms with Crippen molar-refractivity contribution in [2.24, 2.45) is 5.92 Å². The fourth-order valence-electron chi connectivity index (χ4n) is 1.74. The van der Waals surface area contributed by atoms with Gasteiger partial charge >= 0.3 is 0 Å². The number of amides is 2. The van der Waals surface area contributed by atoms with Crippen LogP contribution in [0.2, 0.25) is 0 Å². The normalized spacial score (nSPS) is 14.1. The number of nitrogens with one attached hydrogen (secondary N) is 3. The summed E-state index contributed by atoms with van der Waals surface area (Å²) in [6.45, 7) is 1.86. The van der Waals surface area contributed by atoms with Crippen LogP contribution in [0.3, 0.4) is 0 Å². The highest BCUT2D eigenvalue weighted by atomic mass is 32.1. The van der Waals surface area contributed by atoms with Crippen LogP contribution in [0.15, 0.2) is 18.3 Å². The third-order valence-corrected chi connectivity index (χ3v) is 4.09. The molecule has 2 heterocycles. The van der Waals surface area contributed by atoms with E-state index in [-0.39, 0.29) is 17.7 Å². The molecule has 1 aliphatic rings. The van der Waals surface area contributed by atoms with Gasteiger partial charge in [0.2, 0.25) is 5.91 Å². The highest BCUT2D eigenvalue weighted by Crippen LogP contribution is 2.31. The third kappa shape index (κ3) is 2.72. The van der Waals surface area contributed by atoms with Gasteiger partial charge in [-0.1, -0.05) is 0 Å². The zero-order valence-electron chi connectivity index (χ0n) is 10.9. The largest absolute Gasteiger partial charge is 0.317 e. The highest BCUT2D eigenvalue weighted by Gasteiger charge is 2.29. The van der Waals surface area contributed by atoms with E-state index in [1.165, 1.54) is 11.3 Å². The lowest BCUT2D eigenvalue weighted by Gasteiger charge is -2.01. The molecule has 20 heavy (non-hydrogen) atoms. The second-order valence-electron chi connectivity index (χ2n) is 4.81. The Kier molecular flexibility index (Phi) is 3.27. The lowest BCUT2D eigenvalue weighted by molar-refractivity contribution is -0.117. The minimum atomic E-state index is -0.214. The van der Waals surface area contributed by atoms with E-state index in [1.807, 2.05) is 6.92 Å². The molecular weight excluding hydrogens is 276 g/mol. The minimum Gasteiger partial charge on any atom is -0.317 e. The van der Waals surface area contributed by atoms with Gasteiger partial charge in [0, 0.05) is 11.5 Å². The summed E-state index contributed by atoms with van der Waals surface area (Å²) in [5.41, 5.74) is 0.872. The van der Waals surface area contributed by atoms with Gasteiger partial charge in [-0.15, -0.1) is 11.3 Å². The average Bonchev–Trinajstić information content (AvgIpc) is 3.06. The van der Waals surface area contributed by atoms with Gasteiger partial charge in [-0.25, -0.2) is 0 Å². The predicted molar refractivity (Wildman–Crippen MR) is 77.0 cm³/mol. The molecule has 0 radical (unpaired) electrons. The van der Waals surface area contributed by atoms with E-state index >= 15 is 0 Å². The van der Waals surface area contributed by atoms with Crippen molar-refractivity contribution in [3.63, 3.8) is 0 Å². The maximum atomic E-state index is 12.0. The van der Waals surface area contributed by atoms with Crippen LogP contribution in [0.25, 0.3) is 0 Å². The zero-order chi connectivity index (χ0) is 14.1. The van der Waals surface area contributed by atoms with Gasteiger partial charge < -0.3 is 10.6 Å². The molecular formula is C13H14N4O2S. The van der Waals surface area contributed by atoms with Crippen LogP contribution in [0.5, 0.6) is 0 Å². The lowest BCUT2D eigenvalue weighted by atomic mass is 10.3. The van der Waals surface area contributed by atoms with E-state index in [1.54, 1.807) is 18.3 Å². The van der Waals surface area contributed by atoms with E-state index in [2.05, 4.69) is 20.8 Å². The number of anilines is 2. The van der Waals surface area contributed by atoms with Crippen molar-refractivity contribution in [1.82, 2.24) is 10.2 Å². The van der Waals surface area contributed by atoms with Crippen LogP contribution in [0, 0.1) is 12.8 Å². The number of carbonyl (C=O) groups is 2. The van der Waals surface area contributed by atoms with E-state index in [0.717, 1.165) is 18.4 Å². The van der Waals surface area contributed by atoms with Gasteiger partial charge in [-0.3, -0.25) is 14.7 Å². The first-order chi connectivity index (χ1) is 9.63. The van der Waals surface area contributed by atoms with E-state index < -0.39 is 0 Å². The van der Waals surface area contributed by atoms with Crippen molar-refractivity contribution in [2.75, 3.05) is 10.6 Å². The molecule has 0 unspecified atom stereocenters. The van der Waals surface area contributed by atoms with Crippen LogP contribution in [0.4, 0.5) is 10.8 Å². The molecule has 6 nitrogen and oxygen atoms in total. The number of H-pyrrole nitrogens is 1. The average molecular weight is 290 g/mol. The molecule has 0 saturated heterocycles. The van der Waals surface area contributed by atoms with Crippen molar-refractivity contribution in [3.05, 3.63) is 28.8 Å². The quantitative estimate of drug-likeness (QED) is 0.808. The number of nitrogens with zero attached hydrogens (tertiary/aromatic N) is 1. The molecule has 0 aliphatic heterocycles. The van der Waals surface area contributed by atoms with Crippen LogP contribution in [-0.4, -0.2) is 22.0 Å². The summed E-state index contributed by atoms with van der Waals surface area (Å²) in [6, 6.07) is 3.45. The van der Waals surface area contributed by atoms with Crippen LogP contribution < -0.4 is 10.6 Å². The van der Waals surface area contributed by atoms with Gasteiger partial charge in [0.15, 0.2) is 0 Å². The van der Waals surface area contributed by atoms with Crippen molar-refractivity contribution in [3.8, 4) is 0 Å². The van der Waals surface area contributed by atoms with Gasteiger partial charge in [0.05, 0.1) is 16.1 Å². The van der Waals surface area contributed by atoms with Crippen molar-refractivity contribution in [2.45, 2.75) is 19.8 Å². The molecule has 3 rings (SSSR count). The smallest absolute Gasteiger partial charge is 0.266 e. The summed E-state index contributed by atoms with van der Waals surface area (Å²) in [4.78, 5) is 24.2. The second kappa shape index (κ2) is 5.09. The van der Waals surface area contributed by atoms with Gasteiger partial charge in [-0.2, -0.15) is 5.10 Å². The Balaban J connectivity index is 1.65. The van der Waals surface area contributed by atoms with Crippen LogP contribution >= 0.6 is 11.3 Å². The number of hydrogen-bond acceptors (Lipinski definition) is 4. The maximum Gasteiger partial charge on any atom is 0.266 e. The summed E-state index contributed by atoms with van der Waals surface area (Å²) in [7, 11) is 0. The molecule has 0 spiro atoms. The third-order valence-electron chi connectivity index (χ3n) is 3.09. The van der Waals surface area contributed by atoms with E-state index in [0.29, 0.717) is 15.7 Å². The molecule has 7 heteroatoms. The Hall–Kier alpha value is -2.15. The standard InChI is InChI=1S/C13H14N4O2S/c1-7-6-14-17-11(7)16-13(19)9-4-5-10(20-9)15-12(18)8-2-3-8/h4-6,8H,2-3H2,1H3,(H,15,18)(H2,14,16,17,19). The molecule has 0 atom stereocenters. The number of hydrogen-bond donors (Lipinski definition) is 3. The molecule has 1 saturated carbocycles. The Morgan fingerprint density at radius 3 is 2.80 bits per heavy atom. The molecule has 2 amide bonds. The monoisotopic (exact) mass is 290 g/mol. The predicted octanol–water partition coefficient (Wildman–Crippen LogP) is 2.38. The SMILES string of the molecule is Cc1cn[nH]c1NC(=O)c1ccc(NC(=O)C2CC2)s1. The molecule has 0 bridgehead atoms. The number of rotatable bonds is 4. The summed E-state index contributed by atoms with van der Waals surface area (Å²) in [6.07, 6.45) is 3.57. The number of carbonyl (C=O) groups excluding carboxylic acids is 2. The van der Waals surface area contributed by atoms with Crippen LogP contribution in [-0.2, 0) is 4.79 Å². The topological polar surface area (TPSA) is 86.9 Å². The van der Waals surface area contributed by atoms with Crippen molar-refractivity contribution >= 4 is 34.0 Å². The van der Waals surface area contributed by atoms with Gasteiger partial charge in [-0.05, 0) is 31.9 Å². The Bertz CT molecular complexity index is 657. The second-order valence-corrected chi connectivity index (χ2v) is 5.89. The number of aromatic nitrogens is 2. The molecule has 2 aromatic rings. The van der Waals surface area contributed by atoms with Gasteiger partial charge in [0.25, 0.3) is 5.91 Å². The summed E-state index contributed by atoms with van der Waals surface area (Å²) >= 11 is 1.26. The van der Waals surface area contributed by atoms with Crippen molar-refractivity contribution in [1.29, 1.82) is 0 Å². The van der Waals surface area contributed by atoms with E-state index in [4.69, 9.17) is 0 Å². The first kappa shape index (κ1) is 12.9. The Morgan fingerprint density at radius 2 is 2.15 bits per heavy atom. The van der Waals surface area contributed by atoms with Crippen molar-refractivity contribution < 1.29 is 9.59 Å². The van der Waals surface area contributed by atoms with Gasteiger partial charge in [0.1, 0.15) is 5.82 Å². The molecule has 0 aromatic carbocycles. The Morgan fingerprint density at radius 1 is 1.35 bits per heavy atom. The molecule has 3 N–H and O–H groups in total. The molecule has 2 aromatic heterocycles. The highest BCUT2D eigenvalue weighted by molar-refractivity contribution is 7.18. The Labute approximate surface area is 119 Å². The number of aryl methyl sites for hydroxylation is 1. The summed E-state index contributed by atoms with van der Waals surface area (Å²) in [5, 5.41) is 12.8. The summed E-state index contributed by atoms with van der Waals surface area (Å²) < 4.78 is 0. The minimum absolute atomic E-state index is 0.0446.